The Morgan fingerprint density at radius 1 is 1.21 bits per heavy atom. The van der Waals surface area contributed by atoms with E-state index in [-0.39, 0.29) is 5.91 Å². The summed E-state index contributed by atoms with van der Waals surface area (Å²) in [6.45, 7) is 0. The first-order valence-electron chi connectivity index (χ1n) is 5.50. The van der Waals surface area contributed by atoms with Crippen molar-refractivity contribution in [1.29, 1.82) is 0 Å². The second-order valence-electron chi connectivity index (χ2n) is 3.73. The molecule has 0 saturated heterocycles. The molecular weight excluding hydrogens is 375 g/mol. The van der Waals surface area contributed by atoms with E-state index in [9.17, 15) is 4.79 Å². The van der Waals surface area contributed by atoms with Crippen LogP contribution in [0, 0.1) is 3.57 Å². The highest BCUT2D eigenvalue weighted by molar-refractivity contribution is 14.1. The number of carbonyl (C=O) groups is 1. The fourth-order valence-corrected chi connectivity index (χ4v) is 2.15. The van der Waals surface area contributed by atoms with Crippen LogP contribution in [0.2, 0.25) is 5.02 Å². The summed E-state index contributed by atoms with van der Waals surface area (Å²) in [6, 6.07) is 14.5. The van der Waals surface area contributed by atoms with Crippen LogP contribution in [0.15, 0.2) is 53.6 Å². The zero-order chi connectivity index (χ0) is 13.7. The molecule has 2 rings (SSSR count). The minimum atomic E-state index is -0.287. The van der Waals surface area contributed by atoms with Gasteiger partial charge in [-0.3, -0.25) is 4.79 Å². The smallest absolute Gasteiger partial charge is 0.267 e. The van der Waals surface area contributed by atoms with Crippen LogP contribution in [-0.4, -0.2) is 12.1 Å². The third kappa shape index (κ3) is 4.04. The highest BCUT2D eigenvalue weighted by atomic mass is 127. The maximum absolute atomic E-state index is 11.8. The molecule has 0 spiro atoms. The van der Waals surface area contributed by atoms with Gasteiger partial charge >= 0.3 is 0 Å². The van der Waals surface area contributed by atoms with Gasteiger partial charge in [-0.1, -0.05) is 35.9 Å². The van der Waals surface area contributed by atoms with Crippen LogP contribution < -0.4 is 5.43 Å². The summed E-state index contributed by atoms with van der Waals surface area (Å²) in [5.74, 6) is -0.287. The largest absolute Gasteiger partial charge is 0.271 e. The first kappa shape index (κ1) is 14.0. The van der Waals surface area contributed by atoms with Crippen LogP contribution in [-0.2, 0) is 0 Å². The van der Waals surface area contributed by atoms with E-state index in [1.807, 2.05) is 24.3 Å². The summed E-state index contributed by atoms with van der Waals surface area (Å²) in [5.41, 5.74) is 3.90. The molecule has 0 unspecified atom stereocenters. The molecule has 0 atom stereocenters. The van der Waals surface area contributed by atoms with Gasteiger partial charge in [0.25, 0.3) is 5.91 Å². The highest BCUT2D eigenvalue weighted by Gasteiger charge is 2.03. The number of hydrogen-bond acceptors (Lipinski definition) is 2. The number of amides is 1. The topological polar surface area (TPSA) is 41.5 Å². The molecular formula is C14H10ClIN2O. The third-order valence-corrected chi connectivity index (χ3v) is 3.58. The summed E-state index contributed by atoms with van der Waals surface area (Å²) < 4.78 is 1.07. The Morgan fingerprint density at radius 3 is 2.74 bits per heavy atom. The van der Waals surface area contributed by atoms with Gasteiger partial charge in [0.05, 0.1) is 6.21 Å². The molecule has 0 aliphatic rings. The number of nitrogens with zero attached hydrogens (tertiary/aromatic N) is 1. The predicted molar refractivity (Wildman–Crippen MR) is 85.7 cm³/mol. The molecule has 0 aliphatic heterocycles. The van der Waals surface area contributed by atoms with Crippen molar-refractivity contribution in [2.24, 2.45) is 5.10 Å². The van der Waals surface area contributed by atoms with Crippen LogP contribution in [0.3, 0.4) is 0 Å². The maximum Gasteiger partial charge on any atom is 0.271 e. The molecule has 0 bridgehead atoms. The molecule has 0 aliphatic carbocycles. The molecule has 1 N–H and O–H groups in total. The molecule has 0 aromatic heterocycles. The lowest BCUT2D eigenvalue weighted by Gasteiger charge is -2.00. The van der Waals surface area contributed by atoms with Gasteiger partial charge in [-0.15, -0.1) is 0 Å². The molecule has 96 valence electrons. The lowest BCUT2D eigenvalue weighted by atomic mass is 10.2. The third-order valence-electron chi connectivity index (χ3n) is 2.36. The average Bonchev–Trinajstić information content (AvgIpc) is 2.41. The minimum absolute atomic E-state index is 0.287. The van der Waals surface area contributed by atoms with Crippen molar-refractivity contribution in [3.8, 4) is 0 Å². The van der Waals surface area contributed by atoms with Crippen molar-refractivity contribution >= 4 is 46.3 Å². The summed E-state index contributed by atoms with van der Waals surface area (Å²) in [4.78, 5) is 11.8. The van der Waals surface area contributed by atoms with Crippen molar-refractivity contribution in [2.75, 3.05) is 0 Å². The molecule has 3 nitrogen and oxygen atoms in total. The Bertz CT molecular complexity index is 628. The predicted octanol–water partition coefficient (Wildman–Crippen LogP) is 3.71. The zero-order valence-corrected chi connectivity index (χ0v) is 12.7. The van der Waals surface area contributed by atoms with Crippen molar-refractivity contribution in [3.05, 3.63) is 68.3 Å². The van der Waals surface area contributed by atoms with Crippen LogP contribution in [0.25, 0.3) is 0 Å². The lowest BCUT2D eigenvalue weighted by molar-refractivity contribution is 0.0955. The van der Waals surface area contributed by atoms with Crippen LogP contribution in [0.5, 0.6) is 0 Å². The number of halogens is 2. The SMILES string of the molecule is O=C(N/N=C\c1ccccc1I)c1cccc(Cl)c1. The van der Waals surface area contributed by atoms with E-state index in [1.165, 1.54) is 0 Å². The minimum Gasteiger partial charge on any atom is -0.267 e. The molecule has 0 radical (unpaired) electrons. The van der Waals surface area contributed by atoms with E-state index in [2.05, 4.69) is 33.1 Å². The number of hydrogen-bond donors (Lipinski definition) is 1. The molecule has 0 fully saturated rings. The normalized spacial score (nSPS) is 10.6. The van der Waals surface area contributed by atoms with E-state index in [0.717, 1.165) is 9.13 Å². The Morgan fingerprint density at radius 2 is 2.00 bits per heavy atom. The maximum atomic E-state index is 11.8. The molecule has 1 amide bonds. The Hall–Kier alpha value is -1.40. The van der Waals surface area contributed by atoms with Crippen LogP contribution >= 0.6 is 34.2 Å². The molecule has 2 aromatic carbocycles. The molecule has 2 aromatic rings. The van der Waals surface area contributed by atoms with Crippen LogP contribution in [0.1, 0.15) is 15.9 Å². The summed E-state index contributed by atoms with van der Waals surface area (Å²) in [5, 5.41) is 4.46. The van der Waals surface area contributed by atoms with Gasteiger partial charge in [-0.05, 0) is 46.9 Å². The Labute approximate surface area is 129 Å². The van der Waals surface area contributed by atoms with Crippen molar-refractivity contribution < 1.29 is 4.79 Å². The Kier molecular flexibility index (Phi) is 4.93. The van der Waals surface area contributed by atoms with Gasteiger partial charge < -0.3 is 0 Å². The summed E-state index contributed by atoms with van der Waals surface area (Å²) >= 11 is 8.03. The number of nitrogens with one attached hydrogen (secondary N) is 1. The van der Waals surface area contributed by atoms with Crippen LogP contribution in [0.4, 0.5) is 0 Å². The van der Waals surface area contributed by atoms with E-state index >= 15 is 0 Å². The number of rotatable bonds is 3. The van der Waals surface area contributed by atoms with Gasteiger partial charge in [0, 0.05) is 19.7 Å². The van der Waals surface area contributed by atoms with E-state index in [1.54, 1.807) is 30.5 Å². The standard InChI is InChI=1S/C14H10ClIN2O/c15-12-6-3-5-10(8-12)14(19)18-17-9-11-4-1-2-7-13(11)16/h1-9H,(H,18,19)/b17-9-. The Balaban J connectivity index is 2.03. The van der Waals surface area contributed by atoms with E-state index in [0.29, 0.717) is 10.6 Å². The second kappa shape index (κ2) is 6.68. The second-order valence-corrected chi connectivity index (χ2v) is 5.33. The van der Waals surface area contributed by atoms with Gasteiger partial charge in [0.1, 0.15) is 0 Å². The molecule has 19 heavy (non-hydrogen) atoms. The summed E-state index contributed by atoms with van der Waals surface area (Å²) in [7, 11) is 0. The summed E-state index contributed by atoms with van der Waals surface area (Å²) in [6.07, 6.45) is 1.62. The number of benzene rings is 2. The monoisotopic (exact) mass is 384 g/mol. The first-order chi connectivity index (χ1) is 9.16. The fourth-order valence-electron chi connectivity index (χ4n) is 1.43. The first-order valence-corrected chi connectivity index (χ1v) is 6.96. The van der Waals surface area contributed by atoms with E-state index in [4.69, 9.17) is 11.6 Å². The van der Waals surface area contributed by atoms with Gasteiger partial charge in [0.15, 0.2) is 0 Å². The fraction of sp³-hybridized carbons (Fsp3) is 0. The number of hydrazone groups is 1. The molecule has 0 saturated carbocycles. The van der Waals surface area contributed by atoms with Crippen molar-refractivity contribution in [3.63, 3.8) is 0 Å². The average molecular weight is 385 g/mol. The zero-order valence-electron chi connectivity index (χ0n) is 9.81. The molecule has 0 heterocycles. The van der Waals surface area contributed by atoms with Crippen molar-refractivity contribution in [1.82, 2.24) is 5.43 Å². The lowest BCUT2D eigenvalue weighted by Crippen LogP contribution is -2.17. The number of carbonyl (C=O) groups excluding carboxylic acids is 1. The molecule has 5 heteroatoms. The van der Waals surface area contributed by atoms with Gasteiger partial charge in [-0.2, -0.15) is 5.10 Å². The van der Waals surface area contributed by atoms with Gasteiger partial charge in [0.2, 0.25) is 0 Å². The highest BCUT2D eigenvalue weighted by Crippen LogP contribution is 2.11. The van der Waals surface area contributed by atoms with E-state index < -0.39 is 0 Å². The van der Waals surface area contributed by atoms with Crippen molar-refractivity contribution in [2.45, 2.75) is 0 Å². The quantitative estimate of drug-likeness (QED) is 0.489. The van der Waals surface area contributed by atoms with Gasteiger partial charge in [-0.25, -0.2) is 5.43 Å².